The molecule has 9 nitrogen and oxygen atoms in total. The van der Waals surface area contributed by atoms with Crippen LogP contribution in [0, 0.1) is 0 Å². The molecule has 0 aromatic rings. The summed E-state index contributed by atoms with van der Waals surface area (Å²) in [5.41, 5.74) is 0. The van der Waals surface area contributed by atoms with E-state index in [4.69, 9.17) is 4.55 Å². The molecule has 0 saturated heterocycles. The van der Waals surface area contributed by atoms with Crippen LogP contribution in [0.15, 0.2) is 0 Å². The standard InChI is InChI=1S/C24H20F26O9S/c25-13(26,15(29,30)17(33,34)19(37,38)21(41,42)23(45,46)47)1-3-56-5-7-58-11(51)9-10(60(53,54)55)12(52)59-8-6-57-4-2-14(27,28)16(31,32)18(35,36)20(39,40)22(43,44)24(48,49)50/h10H,1-9H2,(H,53,54,55). The summed E-state index contributed by atoms with van der Waals surface area (Å²) in [5.74, 6) is -81.1. The molecule has 36 heteroatoms. The van der Waals surface area contributed by atoms with Crippen molar-refractivity contribution in [1.82, 2.24) is 0 Å². The minimum absolute atomic E-state index is 1.34. The van der Waals surface area contributed by atoms with E-state index >= 15 is 0 Å². The molecule has 0 rings (SSSR count). The first-order chi connectivity index (χ1) is 26.1. The van der Waals surface area contributed by atoms with E-state index in [1.165, 1.54) is 0 Å². The molecule has 1 N–H and O–H groups in total. The van der Waals surface area contributed by atoms with E-state index in [0.29, 0.717) is 0 Å². The summed E-state index contributed by atoms with van der Waals surface area (Å²) in [6.07, 6.45) is -22.9. The molecule has 0 fully saturated rings. The summed E-state index contributed by atoms with van der Waals surface area (Å²) in [7, 11) is -5.76. The predicted octanol–water partition coefficient (Wildman–Crippen LogP) is 8.01. The van der Waals surface area contributed by atoms with Crippen LogP contribution in [0.5, 0.6) is 0 Å². The summed E-state index contributed by atoms with van der Waals surface area (Å²) in [6, 6.07) is 0. The van der Waals surface area contributed by atoms with Gasteiger partial charge < -0.3 is 18.9 Å². The van der Waals surface area contributed by atoms with Gasteiger partial charge in [-0.05, 0) is 0 Å². The predicted molar refractivity (Wildman–Crippen MR) is 134 cm³/mol. The number of hydrogen-bond acceptors (Lipinski definition) is 8. The molecular weight excluding hydrogens is 958 g/mol. The first-order valence-electron chi connectivity index (χ1n) is 14.5. The molecular formula is C24H20F26O9S. The van der Waals surface area contributed by atoms with Crippen LogP contribution in [0.25, 0.3) is 0 Å². The van der Waals surface area contributed by atoms with Gasteiger partial charge in [-0.25, -0.2) is 0 Å². The zero-order valence-electron chi connectivity index (χ0n) is 27.9. The Morgan fingerprint density at radius 3 is 0.983 bits per heavy atom. The smallest absolute Gasteiger partial charge is 0.460 e. The topological polar surface area (TPSA) is 125 Å². The van der Waals surface area contributed by atoms with Crippen LogP contribution >= 0.6 is 0 Å². The number of esters is 2. The third-order valence-corrected chi connectivity index (χ3v) is 8.13. The van der Waals surface area contributed by atoms with Crippen LogP contribution in [0.2, 0.25) is 0 Å². The van der Waals surface area contributed by atoms with Gasteiger partial charge in [-0.2, -0.15) is 123 Å². The van der Waals surface area contributed by atoms with Gasteiger partial charge in [-0.3, -0.25) is 14.1 Å². The van der Waals surface area contributed by atoms with Gasteiger partial charge in [0.2, 0.25) is 0 Å². The lowest BCUT2D eigenvalue weighted by Gasteiger charge is -2.39. The second-order valence-corrected chi connectivity index (χ2v) is 12.9. The lowest BCUT2D eigenvalue weighted by Crippen LogP contribution is -2.70. The number of ether oxygens (including phenoxy) is 4. The second kappa shape index (κ2) is 18.0. The van der Waals surface area contributed by atoms with Gasteiger partial charge in [0.05, 0.1) is 32.8 Å². The van der Waals surface area contributed by atoms with Gasteiger partial charge in [-0.1, -0.05) is 0 Å². The number of carbonyl (C=O) groups is 2. The molecule has 0 radical (unpaired) electrons. The highest BCUT2D eigenvalue weighted by Crippen LogP contribution is 2.62. The van der Waals surface area contributed by atoms with Gasteiger partial charge in [0.1, 0.15) is 13.2 Å². The van der Waals surface area contributed by atoms with E-state index in [1.54, 1.807) is 0 Å². The second-order valence-electron chi connectivity index (χ2n) is 11.3. The van der Waals surface area contributed by atoms with Crippen molar-refractivity contribution < 1.29 is 156 Å². The summed E-state index contributed by atoms with van der Waals surface area (Å²) in [4.78, 5) is 23.7. The summed E-state index contributed by atoms with van der Waals surface area (Å²) >= 11 is 0. The molecule has 60 heavy (non-hydrogen) atoms. The fourth-order valence-electron chi connectivity index (χ4n) is 3.55. The molecule has 0 aliphatic carbocycles. The Balaban J connectivity index is 5.21. The Bertz CT molecular complexity index is 1580. The molecule has 0 aromatic heterocycles. The van der Waals surface area contributed by atoms with Crippen molar-refractivity contribution in [2.24, 2.45) is 0 Å². The maximum atomic E-state index is 13.7. The Hall–Kier alpha value is -3.05. The van der Waals surface area contributed by atoms with Crippen molar-refractivity contribution in [2.45, 2.75) is 96.1 Å². The van der Waals surface area contributed by atoms with Crippen LogP contribution < -0.4 is 0 Å². The van der Waals surface area contributed by atoms with E-state index in [1.807, 2.05) is 0 Å². The molecule has 0 saturated carbocycles. The largest absolute Gasteiger partial charge is 0.463 e. The van der Waals surface area contributed by atoms with E-state index in [0.717, 1.165) is 0 Å². The first-order valence-corrected chi connectivity index (χ1v) is 16.0. The molecule has 0 aromatic carbocycles. The molecule has 0 spiro atoms. The minimum Gasteiger partial charge on any atom is -0.463 e. The number of alkyl halides is 26. The average Bonchev–Trinajstić information content (AvgIpc) is 3.04. The van der Waals surface area contributed by atoms with E-state index in [-0.39, 0.29) is 0 Å². The van der Waals surface area contributed by atoms with Gasteiger partial charge in [-0.15, -0.1) is 0 Å². The molecule has 0 amide bonds. The molecule has 358 valence electrons. The number of rotatable bonds is 24. The Labute approximate surface area is 314 Å². The highest BCUT2D eigenvalue weighted by Gasteiger charge is 2.92. The molecule has 0 heterocycles. The van der Waals surface area contributed by atoms with E-state index in [9.17, 15) is 132 Å². The van der Waals surface area contributed by atoms with E-state index < -0.39 is 158 Å². The van der Waals surface area contributed by atoms with Crippen molar-refractivity contribution in [1.29, 1.82) is 0 Å². The zero-order chi connectivity index (χ0) is 48.4. The average molecular weight is 978 g/mol. The summed E-state index contributed by atoms with van der Waals surface area (Å²) < 4.78 is 389. The zero-order valence-corrected chi connectivity index (χ0v) is 28.7. The van der Waals surface area contributed by atoms with Crippen LogP contribution in [0.3, 0.4) is 0 Å². The monoisotopic (exact) mass is 978 g/mol. The third kappa shape index (κ3) is 10.9. The quantitative estimate of drug-likeness (QED) is 0.0444. The fraction of sp³-hybridized carbons (Fsp3) is 0.917. The van der Waals surface area contributed by atoms with Crippen molar-refractivity contribution in [3.8, 4) is 0 Å². The molecule has 0 bridgehead atoms. The molecule has 0 aliphatic rings. The lowest BCUT2D eigenvalue weighted by molar-refractivity contribution is -0.440. The first kappa shape index (κ1) is 57.0. The van der Waals surface area contributed by atoms with Gasteiger partial charge in [0.15, 0.2) is 5.25 Å². The fourth-order valence-corrected chi connectivity index (χ4v) is 4.21. The summed E-state index contributed by atoms with van der Waals surface area (Å²) in [6.45, 7) is -9.53. The number of carbonyl (C=O) groups excluding carboxylic acids is 2. The number of hydrogen-bond donors (Lipinski definition) is 1. The molecule has 1 atom stereocenters. The van der Waals surface area contributed by atoms with Gasteiger partial charge in [0, 0.05) is 12.8 Å². The Morgan fingerprint density at radius 2 is 0.700 bits per heavy atom. The van der Waals surface area contributed by atoms with Gasteiger partial charge in [0.25, 0.3) is 10.1 Å². The highest BCUT2D eigenvalue weighted by molar-refractivity contribution is 7.87. The highest BCUT2D eigenvalue weighted by atomic mass is 32.2. The summed E-state index contributed by atoms with van der Waals surface area (Å²) in [5, 5.41) is -3.06. The maximum Gasteiger partial charge on any atom is 0.460 e. The normalized spacial score (nSPS) is 15.8. The maximum absolute atomic E-state index is 13.7. The van der Waals surface area contributed by atoms with Crippen LogP contribution in [0.4, 0.5) is 114 Å². The van der Waals surface area contributed by atoms with Crippen LogP contribution in [0.1, 0.15) is 19.3 Å². The Kier molecular flexibility index (Phi) is 17.1. The van der Waals surface area contributed by atoms with E-state index in [2.05, 4.69) is 18.9 Å². The van der Waals surface area contributed by atoms with Crippen LogP contribution in [-0.2, 0) is 38.7 Å². The third-order valence-electron chi connectivity index (χ3n) is 7.05. The number of halogens is 26. The minimum atomic E-state index is -8.19. The lowest BCUT2D eigenvalue weighted by atomic mass is 9.93. The Morgan fingerprint density at radius 1 is 0.417 bits per heavy atom. The van der Waals surface area contributed by atoms with Crippen LogP contribution in [-0.4, -0.2) is 141 Å². The molecule has 0 aliphatic heterocycles. The SMILES string of the molecule is O=C(CC(C(=O)OCCOCCC(F)(F)C(F)(F)C(F)(F)C(F)(F)C(F)(F)C(F)(F)F)S(=O)(=O)O)OCCOCCC(F)(F)C(F)(F)C(F)(F)C(F)(F)C(F)(F)C(F)(F)F. The van der Waals surface area contributed by atoms with Crippen molar-refractivity contribution in [2.75, 3.05) is 39.6 Å². The molecule has 1 unspecified atom stereocenters. The van der Waals surface area contributed by atoms with Crippen molar-refractivity contribution in [3.05, 3.63) is 0 Å². The van der Waals surface area contributed by atoms with Crippen molar-refractivity contribution in [3.63, 3.8) is 0 Å². The van der Waals surface area contributed by atoms with Gasteiger partial charge >= 0.3 is 83.5 Å². The van der Waals surface area contributed by atoms with Crippen molar-refractivity contribution >= 4 is 22.1 Å².